The first-order chi connectivity index (χ1) is 11.3. The van der Waals surface area contributed by atoms with Crippen LogP contribution >= 0.6 is 0 Å². The zero-order valence-electron chi connectivity index (χ0n) is 13.0. The van der Waals surface area contributed by atoms with Crippen LogP contribution < -0.4 is 5.32 Å². The molecule has 5 nitrogen and oxygen atoms in total. The molecule has 1 aromatic carbocycles. The summed E-state index contributed by atoms with van der Waals surface area (Å²) in [6, 6.07) is 11.5. The molecular weight excluding hydrogens is 292 g/mol. The van der Waals surface area contributed by atoms with Crippen LogP contribution in [0.5, 0.6) is 0 Å². The second-order valence-corrected chi connectivity index (χ2v) is 5.62. The zero-order valence-corrected chi connectivity index (χ0v) is 13.0. The quantitative estimate of drug-likeness (QED) is 0.834. The summed E-state index contributed by atoms with van der Waals surface area (Å²) in [4.78, 5) is 25.6. The van der Waals surface area contributed by atoms with E-state index in [1.54, 1.807) is 6.07 Å². The number of benzene rings is 1. The molecule has 1 aliphatic rings. The van der Waals surface area contributed by atoms with Crippen molar-refractivity contribution in [3.63, 3.8) is 0 Å². The first-order valence-corrected chi connectivity index (χ1v) is 7.94. The van der Waals surface area contributed by atoms with Crippen LogP contribution in [-0.4, -0.2) is 36.3 Å². The van der Waals surface area contributed by atoms with Crippen LogP contribution in [0.4, 0.5) is 0 Å². The molecule has 0 bridgehead atoms. The molecule has 1 aliphatic heterocycles. The lowest BCUT2D eigenvalue weighted by molar-refractivity contribution is -0.127. The van der Waals surface area contributed by atoms with Crippen molar-refractivity contribution in [3.8, 4) is 11.1 Å². The summed E-state index contributed by atoms with van der Waals surface area (Å²) in [6.45, 7) is 2.06. The van der Waals surface area contributed by atoms with Crippen LogP contribution in [0.2, 0.25) is 0 Å². The van der Waals surface area contributed by atoms with Gasteiger partial charge in [0.2, 0.25) is 5.91 Å². The van der Waals surface area contributed by atoms with Gasteiger partial charge in [0.15, 0.2) is 5.76 Å². The van der Waals surface area contributed by atoms with Crippen LogP contribution in [0.25, 0.3) is 11.1 Å². The molecule has 5 heteroatoms. The van der Waals surface area contributed by atoms with Crippen molar-refractivity contribution < 1.29 is 14.0 Å². The Kier molecular flexibility index (Phi) is 4.76. The second kappa shape index (κ2) is 7.13. The Morgan fingerprint density at radius 2 is 2.04 bits per heavy atom. The third-order valence-corrected chi connectivity index (χ3v) is 4.02. The van der Waals surface area contributed by atoms with Gasteiger partial charge in [0, 0.05) is 31.6 Å². The molecule has 0 radical (unpaired) electrons. The van der Waals surface area contributed by atoms with E-state index in [0.717, 1.165) is 30.5 Å². The molecule has 2 heterocycles. The molecular formula is C18H20N2O3. The van der Waals surface area contributed by atoms with Gasteiger partial charge in [0.1, 0.15) is 0 Å². The molecule has 1 aromatic heterocycles. The van der Waals surface area contributed by atoms with Crippen LogP contribution in [-0.2, 0) is 4.79 Å². The summed E-state index contributed by atoms with van der Waals surface area (Å²) in [5, 5.41) is 2.86. The van der Waals surface area contributed by atoms with E-state index in [9.17, 15) is 9.59 Å². The van der Waals surface area contributed by atoms with E-state index in [0.29, 0.717) is 25.3 Å². The Hall–Kier alpha value is -2.56. The average Bonchev–Trinajstić information content (AvgIpc) is 3.21. The first kappa shape index (κ1) is 15.3. The fourth-order valence-electron chi connectivity index (χ4n) is 2.82. The van der Waals surface area contributed by atoms with Gasteiger partial charge in [-0.1, -0.05) is 30.3 Å². The van der Waals surface area contributed by atoms with Crippen molar-refractivity contribution in [2.75, 3.05) is 19.6 Å². The first-order valence-electron chi connectivity index (χ1n) is 7.94. The van der Waals surface area contributed by atoms with E-state index in [1.165, 1.54) is 6.26 Å². The molecule has 2 amide bonds. The van der Waals surface area contributed by atoms with Gasteiger partial charge in [-0.3, -0.25) is 9.59 Å². The van der Waals surface area contributed by atoms with Gasteiger partial charge in [-0.05, 0) is 24.5 Å². The number of amides is 2. The molecule has 0 saturated carbocycles. The predicted octanol–water partition coefficient (Wildman–Crippen LogP) is 2.69. The molecule has 1 saturated heterocycles. The highest BCUT2D eigenvalue weighted by atomic mass is 16.3. The lowest BCUT2D eigenvalue weighted by Crippen LogP contribution is -2.30. The molecule has 0 aliphatic carbocycles. The maximum atomic E-state index is 12.3. The minimum absolute atomic E-state index is 0.216. The molecule has 0 spiro atoms. The van der Waals surface area contributed by atoms with E-state index in [4.69, 9.17) is 4.42 Å². The summed E-state index contributed by atoms with van der Waals surface area (Å²) in [5.74, 6) is 0.323. The van der Waals surface area contributed by atoms with Gasteiger partial charge < -0.3 is 14.6 Å². The van der Waals surface area contributed by atoms with Crippen molar-refractivity contribution in [1.29, 1.82) is 0 Å². The number of nitrogens with one attached hydrogen (secondary N) is 1. The molecule has 23 heavy (non-hydrogen) atoms. The number of nitrogens with zero attached hydrogens (tertiary/aromatic N) is 1. The van der Waals surface area contributed by atoms with Crippen molar-refractivity contribution in [2.24, 2.45) is 0 Å². The Balaban J connectivity index is 1.53. The Bertz CT molecular complexity index is 679. The van der Waals surface area contributed by atoms with Crippen LogP contribution in [0, 0.1) is 0 Å². The third-order valence-electron chi connectivity index (χ3n) is 4.02. The standard InChI is InChI=1S/C18H20N2O3/c21-16-8-4-11-20(16)12-5-10-19-18(22)17-15(9-13-23-17)14-6-2-1-3-7-14/h1-3,6-7,9,13H,4-5,8,10-12H2,(H,19,22). The lowest BCUT2D eigenvalue weighted by atomic mass is 10.1. The third kappa shape index (κ3) is 3.62. The van der Waals surface area contributed by atoms with Gasteiger partial charge in [-0.15, -0.1) is 0 Å². The molecule has 1 fully saturated rings. The van der Waals surface area contributed by atoms with Crippen molar-refractivity contribution >= 4 is 11.8 Å². The lowest BCUT2D eigenvalue weighted by Gasteiger charge is -2.15. The summed E-state index contributed by atoms with van der Waals surface area (Å²) in [7, 11) is 0. The fourth-order valence-corrected chi connectivity index (χ4v) is 2.82. The second-order valence-electron chi connectivity index (χ2n) is 5.62. The number of likely N-dealkylation sites (tertiary alicyclic amines) is 1. The van der Waals surface area contributed by atoms with E-state index in [1.807, 2.05) is 35.2 Å². The number of furan rings is 1. The SMILES string of the molecule is O=C(NCCCN1CCCC1=O)c1occc1-c1ccccc1. The number of carbonyl (C=O) groups is 2. The number of hydrogen-bond donors (Lipinski definition) is 1. The minimum atomic E-state index is -0.221. The van der Waals surface area contributed by atoms with E-state index in [2.05, 4.69) is 5.32 Å². The fraction of sp³-hybridized carbons (Fsp3) is 0.333. The Morgan fingerprint density at radius 3 is 2.78 bits per heavy atom. The summed E-state index contributed by atoms with van der Waals surface area (Å²) < 4.78 is 5.35. The van der Waals surface area contributed by atoms with Crippen molar-refractivity contribution in [2.45, 2.75) is 19.3 Å². The van der Waals surface area contributed by atoms with Crippen molar-refractivity contribution in [1.82, 2.24) is 10.2 Å². The van der Waals surface area contributed by atoms with E-state index >= 15 is 0 Å². The van der Waals surface area contributed by atoms with Gasteiger partial charge >= 0.3 is 0 Å². The van der Waals surface area contributed by atoms with Gasteiger partial charge in [-0.2, -0.15) is 0 Å². The van der Waals surface area contributed by atoms with E-state index in [-0.39, 0.29) is 11.8 Å². The molecule has 2 aromatic rings. The maximum absolute atomic E-state index is 12.3. The van der Waals surface area contributed by atoms with Gasteiger partial charge in [-0.25, -0.2) is 0 Å². The molecule has 120 valence electrons. The predicted molar refractivity (Wildman–Crippen MR) is 86.9 cm³/mol. The Labute approximate surface area is 135 Å². The summed E-state index contributed by atoms with van der Waals surface area (Å²) >= 11 is 0. The highest BCUT2D eigenvalue weighted by Crippen LogP contribution is 2.24. The maximum Gasteiger partial charge on any atom is 0.287 e. The van der Waals surface area contributed by atoms with Gasteiger partial charge in [0.25, 0.3) is 5.91 Å². The molecule has 0 unspecified atom stereocenters. The topological polar surface area (TPSA) is 62.6 Å². The zero-order chi connectivity index (χ0) is 16.1. The van der Waals surface area contributed by atoms with Crippen LogP contribution in [0.1, 0.15) is 29.8 Å². The highest BCUT2D eigenvalue weighted by molar-refractivity contribution is 5.98. The van der Waals surface area contributed by atoms with Crippen molar-refractivity contribution in [3.05, 3.63) is 48.4 Å². The number of hydrogen-bond acceptors (Lipinski definition) is 3. The highest BCUT2D eigenvalue weighted by Gasteiger charge is 2.20. The normalized spacial score (nSPS) is 14.3. The van der Waals surface area contributed by atoms with Crippen LogP contribution in [0.15, 0.2) is 47.1 Å². The number of carbonyl (C=O) groups excluding carboxylic acids is 2. The largest absolute Gasteiger partial charge is 0.459 e. The Morgan fingerprint density at radius 1 is 1.22 bits per heavy atom. The summed E-state index contributed by atoms with van der Waals surface area (Å²) in [6.07, 6.45) is 3.87. The molecule has 1 N–H and O–H groups in total. The number of rotatable bonds is 6. The molecule has 0 atom stereocenters. The summed E-state index contributed by atoms with van der Waals surface area (Å²) in [5.41, 5.74) is 1.74. The monoisotopic (exact) mass is 312 g/mol. The average molecular weight is 312 g/mol. The smallest absolute Gasteiger partial charge is 0.287 e. The van der Waals surface area contributed by atoms with Gasteiger partial charge in [0.05, 0.1) is 6.26 Å². The minimum Gasteiger partial charge on any atom is -0.459 e. The van der Waals surface area contributed by atoms with Crippen LogP contribution in [0.3, 0.4) is 0 Å². The van der Waals surface area contributed by atoms with E-state index < -0.39 is 0 Å². The molecule has 3 rings (SSSR count).